The van der Waals surface area contributed by atoms with Gasteiger partial charge in [0, 0.05) is 11.6 Å². The first-order chi connectivity index (χ1) is 12.1. The summed E-state index contributed by atoms with van der Waals surface area (Å²) in [6, 6.07) is 12.7. The lowest BCUT2D eigenvalue weighted by Crippen LogP contribution is -2.18. The minimum absolute atomic E-state index is 0.00935. The van der Waals surface area contributed by atoms with Gasteiger partial charge in [-0.2, -0.15) is 0 Å². The van der Waals surface area contributed by atoms with E-state index in [-0.39, 0.29) is 6.10 Å². The second-order valence-electron chi connectivity index (χ2n) is 5.50. The largest absolute Gasteiger partial charge is 0.488 e. The van der Waals surface area contributed by atoms with Crippen molar-refractivity contribution in [2.75, 3.05) is 13.2 Å². The molecule has 2 aromatic carbocycles. The molecule has 0 saturated carbocycles. The number of hydrogen-bond donors (Lipinski definition) is 0. The third kappa shape index (κ3) is 4.81. The molecule has 0 radical (unpaired) electrons. The van der Waals surface area contributed by atoms with Gasteiger partial charge in [0.15, 0.2) is 0 Å². The van der Waals surface area contributed by atoms with Crippen molar-refractivity contribution in [1.29, 1.82) is 0 Å². The monoisotopic (exact) mass is 358 g/mol. The zero-order chi connectivity index (χ0) is 17.6. The van der Waals surface area contributed by atoms with Crippen molar-refractivity contribution in [3.8, 4) is 17.4 Å². The Kier molecular flexibility index (Phi) is 5.68. The first kappa shape index (κ1) is 17.5. The molecule has 6 heteroatoms. The molecule has 0 aliphatic heterocycles. The Bertz CT molecular complexity index is 840. The van der Waals surface area contributed by atoms with Gasteiger partial charge in [-0.25, -0.2) is 9.97 Å². The van der Waals surface area contributed by atoms with E-state index in [4.69, 9.17) is 25.8 Å². The fourth-order valence-corrected chi connectivity index (χ4v) is 2.44. The number of rotatable bonds is 7. The minimum Gasteiger partial charge on any atom is -0.488 e. The van der Waals surface area contributed by atoms with E-state index in [1.54, 1.807) is 18.3 Å². The Morgan fingerprint density at radius 3 is 2.56 bits per heavy atom. The van der Waals surface area contributed by atoms with Crippen LogP contribution in [0.15, 0.2) is 48.7 Å². The lowest BCUT2D eigenvalue weighted by molar-refractivity contribution is 0.0657. The molecule has 1 aromatic heterocycles. The Morgan fingerprint density at radius 2 is 1.80 bits per heavy atom. The summed E-state index contributed by atoms with van der Waals surface area (Å²) in [6.07, 6.45) is 1.57. The van der Waals surface area contributed by atoms with Crippen LogP contribution in [0.1, 0.15) is 13.8 Å². The first-order valence-corrected chi connectivity index (χ1v) is 8.46. The van der Waals surface area contributed by atoms with Crippen molar-refractivity contribution in [1.82, 2.24) is 9.97 Å². The predicted octanol–water partition coefficient (Wildman–Crippen LogP) is 4.88. The lowest BCUT2D eigenvalue weighted by Gasteiger charge is -2.14. The maximum Gasteiger partial charge on any atom is 0.238 e. The molecule has 0 fully saturated rings. The quantitative estimate of drug-likeness (QED) is 0.602. The molecule has 0 aliphatic rings. The van der Waals surface area contributed by atoms with Crippen LogP contribution in [0.25, 0.3) is 11.0 Å². The molecule has 0 N–H and O–H groups in total. The van der Waals surface area contributed by atoms with Gasteiger partial charge >= 0.3 is 0 Å². The highest BCUT2D eigenvalue weighted by molar-refractivity contribution is 6.31. The number of benzene rings is 2. The Morgan fingerprint density at radius 1 is 1.04 bits per heavy atom. The van der Waals surface area contributed by atoms with Gasteiger partial charge in [0.05, 0.1) is 23.8 Å². The molecular weight excluding hydrogens is 340 g/mol. The van der Waals surface area contributed by atoms with Crippen LogP contribution < -0.4 is 9.47 Å². The molecule has 0 spiro atoms. The molecule has 0 bridgehead atoms. The van der Waals surface area contributed by atoms with E-state index >= 15 is 0 Å². The van der Waals surface area contributed by atoms with Crippen LogP contribution in [0.5, 0.6) is 17.4 Å². The van der Waals surface area contributed by atoms with Crippen molar-refractivity contribution >= 4 is 22.6 Å². The number of aromatic nitrogens is 2. The summed E-state index contributed by atoms with van der Waals surface area (Å²) in [5.74, 6) is 1.85. The smallest absolute Gasteiger partial charge is 0.238 e. The summed E-state index contributed by atoms with van der Waals surface area (Å²) in [5.41, 5.74) is 1.46. The minimum atomic E-state index is -0.00935. The molecule has 25 heavy (non-hydrogen) atoms. The topological polar surface area (TPSA) is 53.5 Å². The third-order valence-corrected chi connectivity index (χ3v) is 3.66. The third-order valence-electron chi connectivity index (χ3n) is 3.42. The van der Waals surface area contributed by atoms with Gasteiger partial charge in [0.1, 0.15) is 17.6 Å². The van der Waals surface area contributed by atoms with E-state index in [0.29, 0.717) is 29.9 Å². The maximum atomic E-state index is 5.95. The molecule has 5 nitrogen and oxygen atoms in total. The fraction of sp³-hybridized carbons (Fsp3) is 0.263. The van der Waals surface area contributed by atoms with Gasteiger partial charge in [-0.05, 0) is 56.3 Å². The molecule has 130 valence electrons. The normalized spacial score (nSPS) is 12.1. The highest BCUT2D eigenvalue weighted by Gasteiger charge is 2.06. The molecule has 1 heterocycles. The van der Waals surface area contributed by atoms with Crippen LogP contribution in [0.3, 0.4) is 0 Å². The number of hydrogen-bond acceptors (Lipinski definition) is 5. The second-order valence-corrected chi connectivity index (χ2v) is 5.94. The zero-order valence-electron chi connectivity index (χ0n) is 14.1. The van der Waals surface area contributed by atoms with Gasteiger partial charge in [-0.1, -0.05) is 11.6 Å². The molecular formula is C19H19ClN2O3. The van der Waals surface area contributed by atoms with Crippen molar-refractivity contribution in [2.45, 2.75) is 20.0 Å². The van der Waals surface area contributed by atoms with Gasteiger partial charge in [0.2, 0.25) is 5.88 Å². The highest BCUT2D eigenvalue weighted by atomic mass is 35.5. The van der Waals surface area contributed by atoms with E-state index in [2.05, 4.69) is 9.97 Å². The summed E-state index contributed by atoms with van der Waals surface area (Å²) in [6.45, 7) is 5.17. The van der Waals surface area contributed by atoms with E-state index in [9.17, 15) is 0 Å². The summed E-state index contributed by atoms with van der Waals surface area (Å²) >= 11 is 5.95. The van der Waals surface area contributed by atoms with Crippen molar-refractivity contribution in [3.05, 3.63) is 53.7 Å². The fourth-order valence-electron chi connectivity index (χ4n) is 2.27. The first-order valence-electron chi connectivity index (χ1n) is 8.08. The second kappa shape index (κ2) is 8.14. The van der Waals surface area contributed by atoms with Crippen molar-refractivity contribution in [2.24, 2.45) is 0 Å². The van der Waals surface area contributed by atoms with Crippen LogP contribution in [-0.2, 0) is 4.74 Å². The van der Waals surface area contributed by atoms with Crippen LogP contribution in [0, 0.1) is 0 Å². The van der Waals surface area contributed by atoms with E-state index in [1.807, 2.05) is 44.2 Å². The average molecular weight is 359 g/mol. The van der Waals surface area contributed by atoms with E-state index < -0.39 is 0 Å². The molecule has 3 rings (SSSR count). The molecule has 1 atom stereocenters. The standard InChI is InChI=1S/C19H19ClN2O3/c1-3-23-12-13(2)24-15-5-7-16(8-6-15)25-19-11-21-18-10-14(20)4-9-17(18)22-19/h4-11,13H,3,12H2,1-2H3. The van der Waals surface area contributed by atoms with Crippen LogP contribution in [0.4, 0.5) is 0 Å². The summed E-state index contributed by atoms with van der Waals surface area (Å²) < 4.78 is 16.9. The number of ether oxygens (including phenoxy) is 3. The Balaban J connectivity index is 1.66. The summed E-state index contributed by atoms with van der Waals surface area (Å²) in [5, 5.41) is 0.629. The van der Waals surface area contributed by atoms with Crippen molar-refractivity contribution < 1.29 is 14.2 Å². The summed E-state index contributed by atoms with van der Waals surface area (Å²) in [7, 11) is 0. The Hall–Kier alpha value is -2.37. The zero-order valence-corrected chi connectivity index (χ0v) is 14.9. The lowest BCUT2D eigenvalue weighted by atomic mass is 10.3. The number of fused-ring (bicyclic) bond motifs is 1. The number of halogens is 1. The number of nitrogens with zero attached hydrogens (tertiary/aromatic N) is 2. The van der Waals surface area contributed by atoms with Crippen LogP contribution in [-0.4, -0.2) is 29.3 Å². The van der Waals surface area contributed by atoms with E-state index in [0.717, 1.165) is 16.8 Å². The van der Waals surface area contributed by atoms with E-state index in [1.165, 1.54) is 0 Å². The SMILES string of the molecule is CCOCC(C)Oc1ccc(Oc2cnc3cc(Cl)ccc3n2)cc1. The molecule has 1 unspecified atom stereocenters. The van der Waals surface area contributed by atoms with Gasteiger partial charge < -0.3 is 14.2 Å². The molecule has 3 aromatic rings. The van der Waals surface area contributed by atoms with Gasteiger partial charge in [-0.15, -0.1) is 0 Å². The van der Waals surface area contributed by atoms with Gasteiger partial charge in [0.25, 0.3) is 0 Å². The van der Waals surface area contributed by atoms with Gasteiger partial charge in [-0.3, -0.25) is 0 Å². The molecule has 0 saturated heterocycles. The Labute approximate surface area is 151 Å². The van der Waals surface area contributed by atoms with Crippen LogP contribution in [0.2, 0.25) is 5.02 Å². The maximum absolute atomic E-state index is 5.95. The average Bonchev–Trinajstić information content (AvgIpc) is 2.62. The van der Waals surface area contributed by atoms with Crippen molar-refractivity contribution in [3.63, 3.8) is 0 Å². The van der Waals surface area contributed by atoms with Crippen LogP contribution >= 0.6 is 11.6 Å². The highest BCUT2D eigenvalue weighted by Crippen LogP contribution is 2.24. The summed E-state index contributed by atoms with van der Waals surface area (Å²) in [4.78, 5) is 8.74. The molecule has 0 amide bonds. The molecule has 0 aliphatic carbocycles. The predicted molar refractivity (Wildman–Crippen MR) is 97.6 cm³/mol.